The summed E-state index contributed by atoms with van der Waals surface area (Å²) in [7, 11) is 0. The van der Waals surface area contributed by atoms with Gasteiger partial charge in [0.1, 0.15) is 11.8 Å². The monoisotopic (exact) mass is 258 g/mol. The number of para-hydroxylation sites is 1. The number of carbonyl (C=O) groups is 2. The molecule has 5 nitrogen and oxygen atoms in total. The van der Waals surface area contributed by atoms with Crippen molar-refractivity contribution in [1.82, 2.24) is 10.6 Å². The number of nitrogens with one attached hydrogen (secondary N) is 2. The lowest BCUT2D eigenvalue weighted by Gasteiger charge is -2.23. The van der Waals surface area contributed by atoms with E-state index in [1.54, 1.807) is 0 Å². The Bertz CT molecular complexity index is 622. The molecule has 3 rings (SSSR count). The maximum atomic E-state index is 12.2. The molecule has 19 heavy (non-hydrogen) atoms. The summed E-state index contributed by atoms with van der Waals surface area (Å²) in [5.41, 5.74) is 1.23. The van der Waals surface area contributed by atoms with Crippen molar-refractivity contribution in [2.24, 2.45) is 0 Å². The largest absolute Gasteiger partial charge is 0.463 e. The lowest BCUT2D eigenvalue weighted by Crippen LogP contribution is -2.47. The van der Waals surface area contributed by atoms with Gasteiger partial charge in [0.2, 0.25) is 5.91 Å². The Morgan fingerprint density at radius 1 is 1.37 bits per heavy atom. The average Bonchev–Trinajstić information content (AvgIpc) is 2.85. The molecule has 1 aromatic carbocycles. The summed E-state index contributed by atoms with van der Waals surface area (Å²) in [4.78, 5) is 23.2. The van der Waals surface area contributed by atoms with E-state index in [0.717, 1.165) is 5.39 Å². The number of fused-ring (bicyclic) bond motifs is 1. The van der Waals surface area contributed by atoms with Gasteiger partial charge in [-0.3, -0.25) is 9.59 Å². The molecular formula is C14H14N2O3. The number of benzene rings is 1. The minimum absolute atomic E-state index is 0.0149. The Hall–Kier alpha value is -2.30. The van der Waals surface area contributed by atoms with Crippen molar-refractivity contribution >= 4 is 22.8 Å². The minimum atomic E-state index is -0.161. The van der Waals surface area contributed by atoms with Crippen molar-refractivity contribution in [2.75, 3.05) is 6.54 Å². The molecule has 1 aromatic heterocycles. The van der Waals surface area contributed by atoms with Gasteiger partial charge in [0.15, 0.2) is 0 Å². The highest BCUT2D eigenvalue weighted by atomic mass is 16.3. The highest BCUT2D eigenvalue weighted by Gasteiger charge is 2.21. The Labute approximate surface area is 110 Å². The number of furan rings is 1. The summed E-state index contributed by atoms with van der Waals surface area (Å²) in [6, 6.07) is 7.40. The number of carbonyl (C=O) groups excluding carboxylic acids is 2. The van der Waals surface area contributed by atoms with Gasteiger partial charge in [0, 0.05) is 24.4 Å². The minimum Gasteiger partial charge on any atom is -0.463 e. The zero-order valence-electron chi connectivity index (χ0n) is 10.3. The van der Waals surface area contributed by atoms with Gasteiger partial charge in [0.05, 0.1) is 5.56 Å². The summed E-state index contributed by atoms with van der Waals surface area (Å²) in [5, 5.41) is 6.47. The Morgan fingerprint density at radius 3 is 3.00 bits per heavy atom. The van der Waals surface area contributed by atoms with E-state index < -0.39 is 0 Å². The van der Waals surface area contributed by atoms with Crippen LogP contribution in [0, 0.1) is 0 Å². The molecule has 5 heteroatoms. The van der Waals surface area contributed by atoms with Gasteiger partial charge in [-0.1, -0.05) is 18.2 Å². The molecule has 2 heterocycles. The fraction of sp³-hybridized carbons (Fsp3) is 0.286. The van der Waals surface area contributed by atoms with Crippen LogP contribution in [0.1, 0.15) is 23.2 Å². The zero-order chi connectivity index (χ0) is 13.2. The molecule has 2 N–H and O–H groups in total. The van der Waals surface area contributed by atoms with Crippen molar-refractivity contribution < 1.29 is 14.0 Å². The lowest BCUT2D eigenvalue weighted by atomic mass is 10.1. The first-order valence-corrected chi connectivity index (χ1v) is 6.28. The second kappa shape index (κ2) is 4.76. The van der Waals surface area contributed by atoms with Crippen molar-refractivity contribution in [3.8, 4) is 0 Å². The van der Waals surface area contributed by atoms with Crippen LogP contribution in [0.5, 0.6) is 0 Å². The standard InChI is InChI=1S/C14H14N2O3/c17-13-6-5-9(7-15-13)16-14(18)11-8-19-12-4-2-1-3-10(11)12/h1-4,8-9H,5-7H2,(H,15,17)(H,16,18). The third kappa shape index (κ3) is 2.31. The van der Waals surface area contributed by atoms with Crippen LogP contribution in [0.3, 0.4) is 0 Å². The zero-order valence-corrected chi connectivity index (χ0v) is 10.3. The second-order valence-corrected chi connectivity index (χ2v) is 4.66. The number of amides is 2. The van der Waals surface area contributed by atoms with Crippen molar-refractivity contribution in [2.45, 2.75) is 18.9 Å². The van der Waals surface area contributed by atoms with Gasteiger partial charge in [-0.05, 0) is 12.5 Å². The van der Waals surface area contributed by atoms with Gasteiger partial charge in [-0.2, -0.15) is 0 Å². The summed E-state index contributed by atoms with van der Waals surface area (Å²) in [5.74, 6) is -0.120. The molecule has 1 saturated heterocycles. The molecule has 1 aliphatic rings. The molecule has 1 aliphatic heterocycles. The molecule has 2 amide bonds. The quantitative estimate of drug-likeness (QED) is 0.856. The predicted octanol–water partition coefficient (Wildman–Crippen LogP) is 1.44. The average molecular weight is 258 g/mol. The van der Waals surface area contributed by atoms with E-state index in [4.69, 9.17) is 4.42 Å². The number of hydrogen-bond acceptors (Lipinski definition) is 3. The maximum absolute atomic E-state index is 12.2. The van der Waals surface area contributed by atoms with Gasteiger partial charge >= 0.3 is 0 Å². The number of hydrogen-bond donors (Lipinski definition) is 2. The van der Waals surface area contributed by atoms with Crippen LogP contribution in [0.25, 0.3) is 11.0 Å². The summed E-state index contributed by atoms with van der Waals surface area (Å²) in [6.45, 7) is 0.486. The Balaban J connectivity index is 1.75. The van der Waals surface area contributed by atoms with Gasteiger partial charge in [-0.25, -0.2) is 0 Å². The molecule has 2 aromatic rings. The first-order valence-electron chi connectivity index (χ1n) is 6.28. The molecule has 0 aliphatic carbocycles. The van der Waals surface area contributed by atoms with Gasteiger partial charge in [0.25, 0.3) is 5.91 Å². The number of rotatable bonds is 2. The van der Waals surface area contributed by atoms with Crippen LogP contribution in [-0.4, -0.2) is 24.4 Å². The molecule has 0 radical (unpaired) electrons. The molecule has 1 atom stereocenters. The SMILES string of the molecule is O=C1CCC(NC(=O)c2coc3ccccc23)CN1. The highest BCUT2D eigenvalue weighted by Crippen LogP contribution is 2.20. The van der Waals surface area contributed by atoms with Crippen LogP contribution < -0.4 is 10.6 Å². The van der Waals surface area contributed by atoms with Crippen molar-refractivity contribution in [3.63, 3.8) is 0 Å². The highest BCUT2D eigenvalue weighted by molar-refractivity contribution is 6.06. The molecule has 0 bridgehead atoms. The molecule has 0 saturated carbocycles. The topological polar surface area (TPSA) is 71.3 Å². The summed E-state index contributed by atoms with van der Waals surface area (Å²) >= 11 is 0. The number of piperidine rings is 1. The van der Waals surface area contributed by atoms with Crippen LogP contribution in [0.15, 0.2) is 34.9 Å². The predicted molar refractivity (Wildman–Crippen MR) is 69.7 cm³/mol. The summed E-state index contributed by atoms with van der Waals surface area (Å²) < 4.78 is 5.35. The van der Waals surface area contributed by atoms with Gasteiger partial charge < -0.3 is 15.1 Å². The normalized spacial score (nSPS) is 19.2. The third-order valence-corrected chi connectivity index (χ3v) is 3.33. The van der Waals surface area contributed by atoms with Crippen LogP contribution >= 0.6 is 0 Å². The smallest absolute Gasteiger partial charge is 0.255 e. The van der Waals surface area contributed by atoms with Crippen LogP contribution in [0.2, 0.25) is 0 Å². The van der Waals surface area contributed by atoms with E-state index in [1.165, 1.54) is 6.26 Å². The van der Waals surface area contributed by atoms with E-state index in [1.807, 2.05) is 24.3 Å². The maximum Gasteiger partial charge on any atom is 0.255 e. The lowest BCUT2D eigenvalue weighted by molar-refractivity contribution is -0.122. The van der Waals surface area contributed by atoms with Crippen LogP contribution in [0.4, 0.5) is 0 Å². The summed E-state index contributed by atoms with van der Waals surface area (Å²) in [6.07, 6.45) is 2.60. The van der Waals surface area contributed by atoms with E-state index in [-0.39, 0.29) is 17.9 Å². The Kier molecular flexibility index (Phi) is 2.95. The first-order chi connectivity index (χ1) is 9.24. The molecular weight excluding hydrogens is 244 g/mol. The molecule has 0 spiro atoms. The fourth-order valence-corrected chi connectivity index (χ4v) is 2.27. The molecule has 1 unspecified atom stereocenters. The fourth-order valence-electron chi connectivity index (χ4n) is 2.27. The van der Waals surface area contributed by atoms with Crippen molar-refractivity contribution in [1.29, 1.82) is 0 Å². The van der Waals surface area contributed by atoms with E-state index in [9.17, 15) is 9.59 Å². The van der Waals surface area contributed by atoms with Gasteiger partial charge in [-0.15, -0.1) is 0 Å². The molecule has 98 valence electrons. The molecule has 1 fully saturated rings. The van der Waals surface area contributed by atoms with E-state index >= 15 is 0 Å². The Morgan fingerprint density at radius 2 is 2.21 bits per heavy atom. The van der Waals surface area contributed by atoms with E-state index in [0.29, 0.717) is 30.5 Å². The van der Waals surface area contributed by atoms with Crippen LogP contribution in [-0.2, 0) is 4.79 Å². The second-order valence-electron chi connectivity index (χ2n) is 4.66. The third-order valence-electron chi connectivity index (χ3n) is 3.33. The van der Waals surface area contributed by atoms with Crippen molar-refractivity contribution in [3.05, 3.63) is 36.1 Å². The first kappa shape index (κ1) is 11.8. The van der Waals surface area contributed by atoms with E-state index in [2.05, 4.69) is 10.6 Å².